The Labute approximate surface area is 99.8 Å². The van der Waals surface area contributed by atoms with Gasteiger partial charge in [-0.3, -0.25) is 0 Å². The zero-order chi connectivity index (χ0) is 13.1. The van der Waals surface area contributed by atoms with Crippen molar-refractivity contribution in [2.75, 3.05) is 19.1 Å². The van der Waals surface area contributed by atoms with E-state index in [2.05, 4.69) is 5.32 Å². The van der Waals surface area contributed by atoms with Gasteiger partial charge < -0.3 is 5.32 Å². The van der Waals surface area contributed by atoms with Gasteiger partial charge in [0.15, 0.2) is 11.6 Å². The maximum absolute atomic E-state index is 13.4. The summed E-state index contributed by atoms with van der Waals surface area (Å²) in [6, 6.07) is 3.46. The molecule has 0 aromatic heterocycles. The maximum atomic E-state index is 13.4. The molecule has 0 aliphatic rings. The van der Waals surface area contributed by atoms with Crippen LogP contribution in [-0.2, 0) is 16.3 Å². The number of hydrogen-bond acceptors (Lipinski definition) is 3. The molecule has 6 heteroatoms. The highest BCUT2D eigenvalue weighted by Gasteiger charge is 2.17. The van der Waals surface area contributed by atoms with Crippen LogP contribution in [0.4, 0.5) is 8.78 Å². The van der Waals surface area contributed by atoms with E-state index in [9.17, 15) is 17.2 Å². The first-order valence-corrected chi connectivity index (χ1v) is 7.17. The molecule has 0 fully saturated rings. The highest BCUT2D eigenvalue weighted by molar-refractivity contribution is 7.90. The van der Waals surface area contributed by atoms with Crippen LogP contribution in [0, 0.1) is 11.6 Å². The van der Waals surface area contributed by atoms with E-state index in [1.165, 1.54) is 12.1 Å². The van der Waals surface area contributed by atoms with Crippen LogP contribution in [0.3, 0.4) is 0 Å². The number of benzene rings is 1. The van der Waals surface area contributed by atoms with Gasteiger partial charge in [0.2, 0.25) is 0 Å². The lowest BCUT2D eigenvalue weighted by atomic mass is 10.1. The van der Waals surface area contributed by atoms with E-state index in [1.54, 1.807) is 7.05 Å². The smallest absolute Gasteiger partial charge is 0.162 e. The monoisotopic (exact) mass is 263 g/mol. The minimum absolute atomic E-state index is 0.112. The molecule has 1 rings (SSSR count). The number of halogens is 2. The molecule has 0 saturated heterocycles. The summed E-state index contributed by atoms with van der Waals surface area (Å²) < 4.78 is 48.6. The van der Waals surface area contributed by atoms with Crippen molar-refractivity contribution in [3.63, 3.8) is 0 Å². The molecule has 0 aliphatic heterocycles. The number of sulfone groups is 1. The van der Waals surface area contributed by atoms with Gasteiger partial charge in [0.05, 0.1) is 5.75 Å². The van der Waals surface area contributed by atoms with Crippen molar-refractivity contribution >= 4 is 9.84 Å². The second kappa shape index (κ2) is 5.55. The maximum Gasteiger partial charge on any atom is 0.162 e. The average molecular weight is 263 g/mol. The van der Waals surface area contributed by atoms with E-state index < -0.39 is 27.5 Å². The first-order valence-electron chi connectivity index (χ1n) is 5.11. The highest BCUT2D eigenvalue weighted by Crippen LogP contribution is 2.13. The molecule has 3 nitrogen and oxygen atoms in total. The molecular formula is C11H15F2NO2S. The zero-order valence-corrected chi connectivity index (χ0v) is 10.5. The first-order chi connectivity index (χ1) is 7.83. The van der Waals surface area contributed by atoms with Gasteiger partial charge in [0, 0.05) is 12.3 Å². The van der Waals surface area contributed by atoms with Crippen LogP contribution in [0.25, 0.3) is 0 Å². The lowest BCUT2D eigenvalue weighted by molar-refractivity contribution is 0.488. The third-order valence-corrected chi connectivity index (χ3v) is 3.42. The Balaban J connectivity index is 2.85. The number of nitrogens with one attached hydrogen (secondary N) is 1. The van der Waals surface area contributed by atoms with Crippen molar-refractivity contribution in [3.05, 3.63) is 35.4 Å². The number of likely N-dealkylation sites (N-methyl/N-ethyl adjacent to an activating group) is 1. The third kappa shape index (κ3) is 4.40. The van der Waals surface area contributed by atoms with E-state index in [-0.39, 0.29) is 17.7 Å². The van der Waals surface area contributed by atoms with Gasteiger partial charge in [-0.25, -0.2) is 17.2 Å². The normalized spacial score (nSPS) is 13.6. The molecule has 0 spiro atoms. The summed E-state index contributed by atoms with van der Waals surface area (Å²) in [6.07, 6.45) is 1.24. The Hall–Kier alpha value is -1.01. The number of hydrogen-bond donors (Lipinski definition) is 1. The Kier molecular flexibility index (Phi) is 4.59. The van der Waals surface area contributed by atoms with Gasteiger partial charge in [-0.1, -0.05) is 12.1 Å². The molecule has 1 aromatic rings. The Morgan fingerprint density at radius 2 is 2.00 bits per heavy atom. The van der Waals surface area contributed by atoms with Gasteiger partial charge in [-0.2, -0.15) is 0 Å². The molecule has 0 aliphatic carbocycles. The van der Waals surface area contributed by atoms with Crippen LogP contribution in [0.1, 0.15) is 5.56 Å². The molecule has 1 N–H and O–H groups in total. The summed E-state index contributed by atoms with van der Waals surface area (Å²) >= 11 is 0. The van der Waals surface area contributed by atoms with Crippen molar-refractivity contribution in [2.45, 2.75) is 12.5 Å². The van der Waals surface area contributed by atoms with E-state index in [0.29, 0.717) is 0 Å². The molecule has 1 aromatic carbocycles. The minimum atomic E-state index is -3.16. The summed E-state index contributed by atoms with van der Waals surface area (Å²) in [5.74, 6) is -1.95. The summed E-state index contributed by atoms with van der Waals surface area (Å²) in [5, 5.41) is 2.79. The fraction of sp³-hybridized carbons (Fsp3) is 0.455. The highest BCUT2D eigenvalue weighted by atomic mass is 32.2. The minimum Gasteiger partial charge on any atom is -0.316 e. The molecule has 0 saturated carbocycles. The molecule has 0 heterocycles. The predicted octanol–water partition coefficient (Wildman–Crippen LogP) is 1.14. The van der Waals surface area contributed by atoms with Crippen molar-refractivity contribution in [3.8, 4) is 0 Å². The Morgan fingerprint density at radius 1 is 1.35 bits per heavy atom. The van der Waals surface area contributed by atoms with Gasteiger partial charge in [0.1, 0.15) is 9.84 Å². The molecule has 0 bridgehead atoms. The lowest BCUT2D eigenvalue weighted by Gasteiger charge is -2.15. The standard InChI is InChI=1S/C11H15F2NO2S/c1-14-9(7-17(2,15)16)6-8-4-3-5-10(12)11(8)13/h3-5,9,14H,6-7H2,1-2H3. The Morgan fingerprint density at radius 3 is 2.53 bits per heavy atom. The lowest BCUT2D eigenvalue weighted by Crippen LogP contribution is -2.34. The second-order valence-corrected chi connectivity index (χ2v) is 6.18. The largest absolute Gasteiger partial charge is 0.316 e. The van der Waals surface area contributed by atoms with Crippen molar-refractivity contribution in [1.82, 2.24) is 5.32 Å². The quantitative estimate of drug-likeness (QED) is 0.866. The summed E-state index contributed by atoms with van der Waals surface area (Å²) in [6.45, 7) is 0. The van der Waals surface area contributed by atoms with Crippen LogP contribution in [-0.4, -0.2) is 33.5 Å². The predicted molar refractivity (Wildman–Crippen MR) is 62.6 cm³/mol. The molecule has 1 atom stereocenters. The van der Waals surface area contributed by atoms with E-state index in [0.717, 1.165) is 12.3 Å². The van der Waals surface area contributed by atoms with Gasteiger partial charge >= 0.3 is 0 Å². The number of rotatable bonds is 5. The van der Waals surface area contributed by atoms with Crippen LogP contribution >= 0.6 is 0 Å². The average Bonchev–Trinajstić information content (AvgIpc) is 2.21. The Bertz CT molecular complexity index is 488. The van der Waals surface area contributed by atoms with Crippen LogP contribution in [0.5, 0.6) is 0 Å². The fourth-order valence-electron chi connectivity index (χ4n) is 1.58. The van der Waals surface area contributed by atoms with Crippen LogP contribution < -0.4 is 5.32 Å². The second-order valence-electron chi connectivity index (χ2n) is 4.00. The van der Waals surface area contributed by atoms with Gasteiger partial charge in [-0.05, 0) is 25.1 Å². The fourth-order valence-corrected chi connectivity index (χ4v) is 2.60. The summed E-state index contributed by atoms with van der Waals surface area (Å²) in [4.78, 5) is 0. The summed E-state index contributed by atoms with van der Waals surface area (Å²) in [7, 11) is -1.57. The molecule has 96 valence electrons. The molecule has 1 unspecified atom stereocenters. The molecule has 0 radical (unpaired) electrons. The molecular weight excluding hydrogens is 248 g/mol. The SMILES string of the molecule is CNC(Cc1cccc(F)c1F)CS(C)(=O)=O. The molecule has 17 heavy (non-hydrogen) atoms. The van der Waals surface area contributed by atoms with Gasteiger partial charge in [-0.15, -0.1) is 0 Å². The van der Waals surface area contributed by atoms with E-state index in [4.69, 9.17) is 0 Å². The van der Waals surface area contributed by atoms with Crippen molar-refractivity contribution < 1.29 is 17.2 Å². The van der Waals surface area contributed by atoms with Crippen molar-refractivity contribution in [1.29, 1.82) is 0 Å². The van der Waals surface area contributed by atoms with Crippen LogP contribution in [0.2, 0.25) is 0 Å². The topological polar surface area (TPSA) is 46.2 Å². The van der Waals surface area contributed by atoms with E-state index >= 15 is 0 Å². The molecule has 0 amide bonds. The first kappa shape index (κ1) is 14.1. The van der Waals surface area contributed by atoms with Crippen LogP contribution in [0.15, 0.2) is 18.2 Å². The third-order valence-electron chi connectivity index (χ3n) is 2.41. The van der Waals surface area contributed by atoms with E-state index in [1.807, 2.05) is 0 Å². The van der Waals surface area contributed by atoms with Gasteiger partial charge in [0.25, 0.3) is 0 Å². The summed E-state index contributed by atoms with van der Waals surface area (Å²) in [5.41, 5.74) is 0.174. The van der Waals surface area contributed by atoms with Crippen molar-refractivity contribution in [2.24, 2.45) is 0 Å². The zero-order valence-electron chi connectivity index (χ0n) is 9.70.